The molecule has 2 heterocycles. The molecule has 0 saturated heterocycles. The third-order valence-electron chi connectivity index (χ3n) is 4.15. The van der Waals surface area contributed by atoms with Crippen molar-refractivity contribution < 1.29 is 4.79 Å². The Labute approximate surface area is 175 Å². The quantitative estimate of drug-likeness (QED) is 0.377. The van der Waals surface area contributed by atoms with Crippen molar-refractivity contribution in [2.45, 2.75) is 19.8 Å². The third-order valence-corrected chi connectivity index (χ3v) is 5.08. The van der Waals surface area contributed by atoms with Crippen LogP contribution >= 0.6 is 35.3 Å². The van der Waals surface area contributed by atoms with E-state index in [2.05, 4.69) is 39.2 Å². The molecular formula is C19H25IN4OS. The maximum absolute atomic E-state index is 12.5. The van der Waals surface area contributed by atoms with E-state index in [4.69, 9.17) is 0 Å². The molecule has 26 heavy (non-hydrogen) atoms. The lowest BCUT2D eigenvalue weighted by Gasteiger charge is -2.17. The minimum Gasteiger partial charge on any atom is -0.357 e. The van der Waals surface area contributed by atoms with E-state index >= 15 is 0 Å². The fourth-order valence-electron chi connectivity index (χ4n) is 2.93. The lowest BCUT2D eigenvalue weighted by atomic mass is 10.2. The zero-order valence-corrected chi connectivity index (χ0v) is 18.1. The highest BCUT2D eigenvalue weighted by Gasteiger charge is 2.23. The molecule has 1 aromatic heterocycles. The number of nitrogens with zero attached hydrogens (tertiary/aromatic N) is 2. The van der Waals surface area contributed by atoms with Crippen LogP contribution in [0.3, 0.4) is 0 Å². The van der Waals surface area contributed by atoms with Gasteiger partial charge in [0, 0.05) is 30.2 Å². The smallest absolute Gasteiger partial charge is 0.248 e. The predicted octanol–water partition coefficient (Wildman–Crippen LogP) is 3.05. The van der Waals surface area contributed by atoms with Crippen LogP contribution in [-0.2, 0) is 17.6 Å². The largest absolute Gasteiger partial charge is 0.357 e. The fourth-order valence-corrected chi connectivity index (χ4v) is 3.64. The van der Waals surface area contributed by atoms with Crippen LogP contribution in [0.15, 0.2) is 46.8 Å². The maximum Gasteiger partial charge on any atom is 0.248 e. The molecule has 2 aromatic rings. The van der Waals surface area contributed by atoms with E-state index in [0.717, 1.165) is 38.2 Å². The van der Waals surface area contributed by atoms with Gasteiger partial charge in [0.05, 0.1) is 0 Å². The summed E-state index contributed by atoms with van der Waals surface area (Å²) in [5.74, 6) is 0.736. The van der Waals surface area contributed by atoms with Crippen LogP contribution in [0, 0.1) is 0 Å². The molecule has 7 heteroatoms. The van der Waals surface area contributed by atoms with E-state index in [-0.39, 0.29) is 36.4 Å². The summed E-state index contributed by atoms with van der Waals surface area (Å²) < 4.78 is 0. The molecule has 0 saturated carbocycles. The van der Waals surface area contributed by atoms with Gasteiger partial charge in [0.25, 0.3) is 0 Å². The Morgan fingerprint density at radius 3 is 2.85 bits per heavy atom. The van der Waals surface area contributed by atoms with Crippen LogP contribution in [0.4, 0.5) is 5.69 Å². The average Bonchev–Trinajstić information content (AvgIpc) is 3.29. The molecule has 1 aromatic carbocycles. The number of rotatable bonds is 6. The van der Waals surface area contributed by atoms with E-state index in [9.17, 15) is 4.79 Å². The van der Waals surface area contributed by atoms with E-state index < -0.39 is 0 Å². The van der Waals surface area contributed by atoms with Crippen molar-refractivity contribution in [1.82, 2.24) is 10.6 Å². The number of fused-ring (bicyclic) bond motifs is 1. The molecule has 0 atom stereocenters. The average molecular weight is 484 g/mol. The maximum atomic E-state index is 12.5. The predicted molar refractivity (Wildman–Crippen MR) is 120 cm³/mol. The van der Waals surface area contributed by atoms with Gasteiger partial charge >= 0.3 is 0 Å². The van der Waals surface area contributed by atoms with E-state index in [1.807, 2.05) is 30.0 Å². The standard InChI is InChI=1S/C19H24N4OS.HI/c1-2-20-19(21-11-9-16-7-5-13-25-16)22-14-18(24)23-12-10-15-6-3-4-8-17(15)23;/h3-8,13H,2,9-12,14H2,1H3,(H2,20,21,22);1H. The van der Waals surface area contributed by atoms with Crippen LogP contribution in [-0.4, -0.2) is 38.0 Å². The van der Waals surface area contributed by atoms with Crippen LogP contribution in [0.1, 0.15) is 17.4 Å². The Morgan fingerprint density at radius 1 is 1.23 bits per heavy atom. The monoisotopic (exact) mass is 484 g/mol. The number of guanidine groups is 1. The number of aliphatic imine (C=N–C) groups is 1. The minimum absolute atomic E-state index is 0. The molecule has 0 radical (unpaired) electrons. The van der Waals surface area contributed by atoms with Crippen LogP contribution in [0.5, 0.6) is 0 Å². The van der Waals surface area contributed by atoms with Crippen molar-refractivity contribution in [3.63, 3.8) is 0 Å². The normalized spacial score (nSPS) is 13.1. The first-order valence-electron chi connectivity index (χ1n) is 8.70. The molecule has 1 aliphatic rings. The second kappa shape index (κ2) is 10.5. The van der Waals surface area contributed by atoms with Gasteiger partial charge in [0.1, 0.15) is 6.54 Å². The zero-order valence-electron chi connectivity index (χ0n) is 14.9. The highest BCUT2D eigenvalue weighted by atomic mass is 127. The van der Waals surface area contributed by atoms with E-state index in [1.165, 1.54) is 10.4 Å². The Balaban J connectivity index is 0.00000243. The second-order valence-corrected chi connectivity index (χ2v) is 6.91. The lowest BCUT2D eigenvalue weighted by Crippen LogP contribution is -2.39. The number of hydrogen-bond acceptors (Lipinski definition) is 3. The van der Waals surface area contributed by atoms with E-state index in [0.29, 0.717) is 5.96 Å². The van der Waals surface area contributed by atoms with Gasteiger partial charge in [0.15, 0.2) is 5.96 Å². The van der Waals surface area contributed by atoms with Gasteiger partial charge in [-0.25, -0.2) is 4.99 Å². The Kier molecular flexibility index (Phi) is 8.37. The summed E-state index contributed by atoms with van der Waals surface area (Å²) in [5, 5.41) is 8.58. The van der Waals surface area contributed by atoms with Gasteiger partial charge in [-0.15, -0.1) is 35.3 Å². The van der Waals surface area contributed by atoms with Gasteiger partial charge in [0.2, 0.25) is 5.91 Å². The summed E-state index contributed by atoms with van der Waals surface area (Å²) >= 11 is 1.76. The van der Waals surface area contributed by atoms with Crippen LogP contribution in [0.25, 0.3) is 0 Å². The topological polar surface area (TPSA) is 56.7 Å². The van der Waals surface area contributed by atoms with Crippen LogP contribution in [0.2, 0.25) is 0 Å². The highest BCUT2D eigenvalue weighted by Crippen LogP contribution is 2.27. The summed E-state index contributed by atoms with van der Waals surface area (Å²) in [6, 6.07) is 12.3. The third kappa shape index (κ3) is 5.44. The fraction of sp³-hybridized carbons (Fsp3) is 0.368. The van der Waals surface area contributed by atoms with E-state index in [1.54, 1.807) is 11.3 Å². The number of anilines is 1. The van der Waals surface area contributed by atoms with Gasteiger partial charge in [-0.3, -0.25) is 4.79 Å². The number of thiophene rings is 1. The van der Waals surface area contributed by atoms with Gasteiger partial charge in [-0.05, 0) is 42.8 Å². The Hall–Kier alpha value is -1.61. The number of hydrogen-bond donors (Lipinski definition) is 2. The van der Waals surface area contributed by atoms with Gasteiger partial charge < -0.3 is 15.5 Å². The van der Waals surface area contributed by atoms with Crippen molar-refractivity contribution in [1.29, 1.82) is 0 Å². The Morgan fingerprint density at radius 2 is 2.08 bits per heavy atom. The summed E-state index contributed by atoms with van der Waals surface area (Å²) in [5.41, 5.74) is 2.26. The van der Waals surface area contributed by atoms with Crippen molar-refractivity contribution >= 4 is 52.9 Å². The zero-order chi connectivity index (χ0) is 17.5. The summed E-state index contributed by atoms with van der Waals surface area (Å²) in [7, 11) is 0. The molecule has 1 amide bonds. The van der Waals surface area contributed by atoms with Gasteiger partial charge in [-0.1, -0.05) is 24.3 Å². The molecule has 140 valence electrons. The molecule has 0 spiro atoms. The first-order valence-corrected chi connectivity index (χ1v) is 9.58. The number of carbonyl (C=O) groups is 1. The molecule has 5 nitrogen and oxygen atoms in total. The number of para-hydroxylation sites is 1. The second-order valence-electron chi connectivity index (χ2n) is 5.88. The summed E-state index contributed by atoms with van der Waals surface area (Å²) in [6.07, 6.45) is 1.88. The molecule has 0 bridgehead atoms. The first kappa shape index (κ1) is 20.7. The van der Waals surface area contributed by atoms with Crippen molar-refractivity contribution in [2.24, 2.45) is 4.99 Å². The highest BCUT2D eigenvalue weighted by molar-refractivity contribution is 14.0. The lowest BCUT2D eigenvalue weighted by molar-refractivity contribution is -0.117. The SMILES string of the molecule is CCNC(=NCC(=O)N1CCc2ccccc21)NCCc1cccs1.I. The number of nitrogens with one attached hydrogen (secondary N) is 2. The molecule has 2 N–H and O–H groups in total. The molecule has 1 aliphatic heterocycles. The van der Waals surface area contributed by atoms with Crippen molar-refractivity contribution in [3.05, 3.63) is 52.2 Å². The summed E-state index contributed by atoms with van der Waals surface area (Å²) in [4.78, 5) is 20.2. The molecular weight excluding hydrogens is 459 g/mol. The van der Waals surface area contributed by atoms with Crippen LogP contribution < -0.4 is 15.5 Å². The van der Waals surface area contributed by atoms with Crippen molar-refractivity contribution in [2.75, 3.05) is 31.1 Å². The summed E-state index contributed by atoms with van der Waals surface area (Å²) in [6.45, 7) is 4.49. The number of carbonyl (C=O) groups excluding carboxylic acids is 1. The Bertz CT molecular complexity index is 733. The van der Waals surface area contributed by atoms with Gasteiger partial charge in [-0.2, -0.15) is 0 Å². The molecule has 3 rings (SSSR count). The minimum atomic E-state index is 0. The number of benzene rings is 1. The molecule has 0 aliphatic carbocycles. The van der Waals surface area contributed by atoms with Crippen molar-refractivity contribution in [3.8, 4) is 0 Å². The number of halogens is 1. The molecule has 0 unspecified atom stereocenters. The molecule has 0 fully saturated rings. The number of amides is 1. The first-order chi connectivity index (χ1) is 12.3.